The van der Waals surface area contributed by atoms with Crippen molar-refractivity contribution in [3.05, 3.63) is 11.6 Å². The van der Waals surface area contributed by atoms with Crippen molar-refractivity contribution in [2.75, 3.05) is 0 Å². The van der Waals surface area contributed by atoms with Crippen LogP contribution in [0.4, 0.5) is 0 Å². The Morgan fingerprint density at radius 2 is 1.88 bits per heavy atom. The molecule has 0 heterocycles. The average Bonchev–Trinajstić information content (AvgIpc) is 2.78. The predicted octanol–water partition coefficient (Wildman–Crippen LogP) is 4.97. The molecule has 0 N–H and O–H groups in total. The van der Waals surface area contributed by atoms with Gasteiger partial charge in [-0.3, -0.25) is 9.59 Å². The third kappa shape index (κ3) is 2.07. The average molecular weight is 328 g/mol. The van der Waals surface area contributed by atoms with Gasteiger partial charge in [-0.05, 0) is 86.0 Å². The Morgan fingerprint density at radius 1 is 1.12 bits per heavy atom. The van der Waals surface area contributed by atoms with Crippen LogP contribution in [0.5, 0.6) is 0 Å². The number of fused-ring (bicyclic) bond motifs is 5. The van der Waals surface area contributed by atoms with E-state index in [1.165, 1.54) is 31.3 Å². The molecule has 7 atom stereocenters. The van der Waals surface area contributed by atoms with Gasteiger partial charge in [-0.15, -0.1) is 0 Å². The summed E-state index contributed by atoms with van der Waals surface area (Å²) in [7, 11) is 0. The highest BCUT2D eigenvalue weighted by atomic mass is 16.1. The molecule has 0 aromatic heterocycles. The minimum atomic E-state index is 0.217. The third-order valence-corrected chi connectivity index (χ3v) is 8.74. The van der Waals surface area contributed by atoms with Crippen molar-refractivity contribution in [2.45, 2.75) is 72.6 Å². The van der Waals surface area contributed by atoms with E-state index in [0.29, 0.717) is 23.4 Å². The zero-order valence-electron chi connectivity index (χ0n) is 15.7. The van der Waals surface area contributed by atoms with Gasteiger partial charge >= 0.3 is 0 Å². The Morgan fingerprint density at radius 3 is 2.58 bits per heavy atom. The SMILES string of the molecule is CC(=O)[C@H]1[C@H](C)C[C@H]2[C@@H]3CCC4=CC(=O)CC[C@]4(C)[C@H]3CC[C@@]21C. The number of ketones is 2. The summed E-state index contributed by atoms with van der Waals surface area (Å²) in [4.78, 5) is 24.3. The van der Waals surface area contributed by atoms with E-state index in [-0.39, 0.29) is 16.7 Å². The van der Waals surface area contributed by atoms with E-state index < -0.39 is 0 Å². The van der Waals surface area contributed by atoms with Crippen molar-refractivity contribution < 1.29 is 9.59 Å². The monoisotopic (exact) mass is 328 g/mol. The van der Waals surface area contributed by atoms with Crippen molar-refractivity contribution in [3.8, 4) is 0 Å². The highest BCUT2D eigenvalue weighted by Crippen LogP contribution is 2.67. The lowest BCUT2D eigenvalue weighted by Gasteiger charge is -2.58. The highest BCUT2D eigenvalue weighted by Gasteiger charge is 2.61. The normalized spacial score (nSPS) is 50.6. The lowest BCUT2D eigenvalue weighted by atomic mass is 9.46. The first-order valence-corrected chi connectivity index (χ1v) is 10.0. The van der Waals surface area contributed by atoms with Crippen molar-refractivity contribution >= 4 is 11.6 Å². The molecule has 24 heavy (non-hydrogen) atoms. The van der Waals surface area contributed by atoms with Gasteiger partial charge in [-0.2, -0.15) is 0 Å². The molecular formula is C22H32O2. The van der Waals surface area contributed by atoms with Crippen LogP contribution in [0.1, 0.15) is 72.6 Å². The topological polar surface area (TPSA) is 34.1 Å². The maximum absolute atomic E-state index is 12.4. The van der Waals surface area contributed by atoms with Crippen LogP contribution in [0, 0.1) is 40.4 Å². The summed E-state index contributed by atoms with van der Waals surface area (Å²) in [5.74, 6) is 3.74. The highest BCUT2D eigenvalue weighted by molar-refractivity contribution is 5.91. The number of hydrogen-bond donors (Lipinski definition) is 0. The summed E-state index contributed by atoms with van der Waals surface area (Å²) in [6.45, 7) is 8.98. The number of allylic oxidation sites excluding steroid dienone is 1. The molecular weight excluding hydrogens is 296 g/mol. The maximum atomic E-state index is 12.4. The molecule has 0 unspecified atom stereocenters. The fourth-order valence-corrected chi connectivity index (χ4v) is 7.79. The van der Waals surface area contributed by atoms with E-state index in [4.69, 9.17) is 0 Å². The van der Waals surface area contributed by atoms with Gasteiger partial charge in [-0.1, -0.05) is 26.3 Å². The van der Waals surface area contributed by atoms with Crippen LogP contribution in [0.3, 0.4) is 0 Å². The van der Waals surface area contributed by atoms with Crippen LogP contribution in [0.25, 0.3) is 0 Å². The van der Waals surface area contributed by atoms with Crippen LogP contribution in [0.2, 0.25) is 0 Å². The molecule has 4 aliphatic rings. The Bertz CT molecular complexity index is 617. The Kier molecular flexibility index (Phi) is 3.64. The molecule has 0 aromatic carbocycles. The van der Waals surface area contributed by atoms with E-state index in [1.807, 2.05) is 13.0 Å². The zero-order chi connectivity index (χ0) is 17.3. The van der Waals surface area contributed by atoms with Crippen molar-refractivity contribution in [3.63, 3.8) is 0 Å². The fourth-order valence-electron chi connectivity index (χ4n) is 7.79. The first kappa shape index (κ1) is 16.5. The van der Waals surface area contributed by atoms with Crippen molar-refractivity contribution in [1.82, 2.24) is 0 Å². The van der Waals surface area contributed by atoms with Crippen molar-refractivity contribution in [2.24, 2.45) is 40.4 Å². The quantitative estimate of drug-likeness (QED) is 0.681. The summed E-state index contributed by atoms with van der Waals surface area (Å²) in [6.07, 6.45) is 9.79. The Labute approximate surface area is 146 Å². The van der Waals surface area contributed by atoms with Crippen LogP contribution >= 0.6 is 0 Å². The third-order valence-electron chi connectivity index (χ3n) is 8.74. The van der Waals surface area contributed by atoms with Crippen molar-refractivity contribution in [1.29, 1.82) is 0 Å². The van der Waals surface area contributed by atoms with Crippen LogP contribution < -0.4 is 0 Å². The molecule has 4 rings (SSSR count). The molecule has 2 nitrogen and oxygen atoms in total. The first-order valence-electron chi connectivity index (χ1n) is 10.0. The second-order valence-corrected chi connectivity index (χ2v) is 9.81. The van der Waals surface area contributed by atoms with E-state index in [1.54, 1.807) is 0 Å². The molecule has 0 spiro atoms. The molecule has 2 heteroatoms. The minimum absolute atomic E-state index is 0.217. The number of carbonyl (C=O) groups excluding carboxylic acids is 2. The summed E-state index contributed by atoms with van der Waals surface area (Å²) in [5, 5.41) is 0. The van der Waals surface area contributed by atoms with Gasteiger partial charge in [0, 0.05) is 12.3 Å². The first-order chi connectivity index (χ1) is 11.3. The molecule has 4 aliphatic carbocycles. The molecule has 3 saturated carbocycles. The van der Waals surface area contributed by atoms with Gasteiger partial charge in [0.2, 0.25) is 0 Å². The van der Waals surface area contributed by atoms with Crippen LogP contribution in [0.15, 0.2) is 11.6 Å². The maximum Gasteiger partial charge on any atom is 0.155 e. The van der Waals surface area contributed by atoms with Crippen LogP contribution in [-0.2, 0) is 9.59 Å². The molecule has 3 fully saturated rings. The summed E-state index contributed by atoms with van der Waals surface area (Å²) in [6, 6.07) is 0. The number of rotatable bonds is 1. The summed E-state index contributed by atoms with van der Waals surface area (Å²) >= 11 is 0. The Hall–Kier alpha value is -0.920. The smallest absolute Gasteiger partial charge is 0.155 e. The molecule has 0 radical (unpaired) electrons. The number of carbonyl (C=O) groups is 2. The lowest BCUT2D eigenvalue weighted by Crippen LogP contribution is -2.51. The fraction of sp³-hybridized carbons (Fsp3) is 0.818. The largest absolute Gasteiger partial charge is 0.300 e. The zero-order valence-corrected chi connectivity index (χ0v) is 15.7. The van der Waals surface area contributed by atoms with Gasteiger partial charge in [-0.25, -0.2) is 0 Å². The van der Waals surface area contributed by atoms with E-state index in [2.05, 4.69) is 20.8 Å². The van der Waals surface area contributed by atoms with Gasteiger partial charge < -0.3 is 0 Å². The van der Waals surface area contributed by atoms with E-state index in [0.717, 1.165) is 31.1 Å². The molecule has 0 aliphatic heterocycles. The van der Waals surface area contributed by atoms with Gasteiger partial charge in [0.05, 0.1) is 0 Å². The van der Waals surface area contributed by atoms with E-state index in [9.17, 15) is 9.59 Å². The molecule has 0 aromatic rings. The van der Waals surface area contributed by atoms with Gasteiger partial charge in [0.15, 0.2) is 5.78 Å². The second kappa shape index (κ2) is 5.29. The molecule has 0 saturated heterocycles. The number of hydrogen-bond acceptors (Lipinski definition) is 2. The second-order valence-electron chi connectivity index (χ2n) is 9.81. The molecule has 132 valence electrons. The standard InChI is InChI=1S/C22H32O2/c1-13-11-19-17-6-5-15-12-16(24)7-9-21(15,3)18(17)8-10-22(19,4)20(13)14(2)23/h12-13,17-20H,5-11H2,1-4H3/t13-,17-,18+,19+,20-,21+,22+/m1/s1. The van der Waals surface area contributed by atoms with Gasteiger partial charge in [0.25, 0.3) is 0 Å². The Balaban J connectivity index is 1.69. The summed E-state index contributed by atoms with van der Waals surface area (Å²) < 4.78 is 0. The van der Waals surface area contributed by atoms with Crippen LogP contribution in [-0.4, -0.2) is 11.6 Å². The predicted molar refractivity (Wildman–Crippen MR) is 95.4 cm³/mol. The lowest BCUT2D eigenvalue weighted by molar-refractivity contribution is -0.129. The van der Waals surface area contributed by atoms with E-state index >= 15 is 0 Å². The number of Topliss-reactive ketones (excluding diaryl/α,β-unsaturated/α-hetero) is 1. The van der Waals surface area contributed by atoms with Gasteiger partial charge in [0.1, 0.15) is 5.78 Å². The minimum Gasteiger partial charge on any atom is -0.300 e. The molecule has 0 bridgehead atoms. The summed E-state index contributed by atoms with van der Waals surface area (Å²) in [5.41, 5.74) is 1.90. The molecule has 0 amide bonds.